The Labute approximate surface area is 110 Å². The third-order valence-electron chi connectivity index (χ3n) is 2.57. The fourth-order valence-corrected chi connectivity index (χ4v) is 2.60. The Morgan fingerprint density at radius 3 is 1.24 bits per heavy atom. The molecule has 0 saturated heterocycles. The molecule has 0 aliphatic heterocycles. The minimum absolute atomic E-state index is 0.0414. The lowest BCUT2D eigenvalue weighted by atomic mass is 9.68. The predicted octanol–water partition coefficient (Wildman–Crippen LogP) is 3.61. The molecule has 0 unspecified atom stereocenters. The summed E-state index contributed by atoms with van der Waals surface area (Å²) in [5, 5.41) is 0. The summed E-state index contributed by atoms with van der Waals surface area (Å²) >= 11 is 0. The minimum Gasteiger partial charge on any atom is -0.354 e. The van der Waals surface area contributed by atoms with Crippen LogP contribution in [0.2, 0.25) is 0 Å². The van der Waals surface area contributed by atoms with Gasteiger partial charge in [0.2, 0.25) is 10.5 Å². The zero-order valence-electron chi connectivity index (χ0n) is 13.3. The maximum atomic E-state index is 5.56. The first-order valence-electron chi connectivity index (χ1n) is 6.28. The van der Waals surface area contributed by atoms with Crippen molar-refractivity contribution in [3.05, 3.63) is 11.3 Å². The molecule has 0 rings (SSSR count). The fraction of sp³-hybridized carbons (Fsp3) is 0.857. The molecule has 17 heavy (non-hydrogen) atoms. The molecule has 0 radical (unpaired) electrons. The van der Waals surface area contributed by atoms with Crippen LogP contribution in [0.5, 0.6) is 0 Å². The molecule has 0 N–H and O–H groups in total. The summed E-state index contributed by atoms with van der Waals surface area (Å²) in [5.41, 5.74) is 1.43. The lowest BCUT2D eigenvalue weighted by molar-refractivity contribution is -0.181. The second-order valence-electron chi connectivity index (χ2n) is 7.70. The van der Waals surface area contributed by atoms with Gasteiger partial charge in [-0.15, -0.1) is 0 Å². The summed E-state index contributed by atoms with van der Waals surface area (Å²) in [6, 6.07) is 0. The summed E-state index contributed by atoms with van der Waals surface area (Å²) < 4.78 is 5.08. The molecule has 0 heterocycles. The quantitative estimate of drug-likeness (QED) is 0.326. The molecule has 0 atom stereocenters. The molecule has 0 bridgehead atoms. The van der Waals surface area contributed by atoms with E-state index < -0.39 is 0 Å². The van der Waals surface area contributed by atoms with E-state index in [2.05, 4.69) is 62.3 Å². The Balaban J connectivity index is 5.95. The highest BCUT2D eigenvalue weighted by molar-refractivity contribution is 5.97. The summed E-state index contributed by atoms with van der Waals surface area (Å²) in [4.78, 5) is 5.56. The van der Waals surface area contributed by atoms with Crippen molar-refractivity contribution >= 4 is 10.5 Å². The van der Waals surface area contributed by atoms with Gasteiger partial charge in [0.25, 0.3) is 0 Å². The van der Waals surface area contributed by atoms with Crippen LogP contribution in [0.1, 0.15) is 62.3 Å². The van der Waals surface area contributed by atoms with Gasteiger partial charge in [-0.25, -0.2) is 0 Å². The van der Waals surface area contributed by atoms with E-state index in [-0.39, 0.29) is 16.2 Å². The lowest BCUT2D eigenvalue weighted by Crippen LogP contribution is -2.29. The fourth-order valence-electron chi connectivity index (χ4n) is 2.43. The number of hydrogen-bond acceptors (Lipinski definition) is 2. The van der Waals surface area contributed by atoms with Crippen LogP contribution in [0.3, 0.4) is 0 Å². The van der Waals surface area contributed by atoms with Crippen molar-refractivity contribution in [3.8, 4) is 0 Å². The molecule has 0 aliphatic rings. The second-order valence-corrected chi connectivity index (χ2v) is 8.04. The van der Waals surface area contributed by atoms with Crippen molar-refractivity contribution in [2.75, 3.05) is 0 Å². The van der Waals surface area contributed by atoms with Crippen LogP contribution in [-0.2, 0) is 9.46 Å². The molecule has 0 aromatic carbocycles. The van der Waals surface area contributed by atoms with Crippen molar-refractivity contribution in [3.63, 3.8) is 0 Å². The summed E-state index contributed by atoms with van der Waals surface area (Å²) in [6.45, 7) is 19.9. The largest absolute Gasteiger partial charge is 0.354 e. The first-order valence-corrected chi connectivity index (χ1v) is 7.10. The Bertz CT molecular complexity index is 269. The van der Waals surface area contributed by atoms with Crippen molar-refractivity contribution in [1.82, 2.24) is 0 Å². The molecule has 0 spiro atoms. The zero-order chi connectivity index (χ0) is 14.1. The van der Waals surface area contributed by atoms with Gasteiger partial charge < -0.3 is 4.89 Å². The summed E-state index contributed by atoms with van der Waals surface area (Å²) in [6.07, 6.45) is 0. The standard InChI is InChI=1S/C14H30O2Si/c1-12(2,3)10(13(4,5)6)11(15-16-17)14(7,8)9/h1-9,17H3. The molecule has 0 fully saturated rings. The zero-order valence-corrected chi connectivity index (χ0v) is 15.3. The SMILES string of the molecule is CC(C)(C)C(OO[SiH3])=C(C(C)(C)C)C(C)(C)C. The minimum atomic E-state index is -0.0414. The smallest absolute Gasteiger partial charge is 0.209 e. The highest BCUT2D eigenvalue weighted by atomic mass is 28.2. The van der Waals surface area contributed by atoms with Crippen LogP contribution in [0, 0.1) is 16.2 Å². The lowest BCUT2D eigenvalue weighted by Gasteiger charge is -2.38. The van der Waals surface area contributed by atoms with Crippen LogP contribution >= 0.6 is 0 Å². The third-order valence-corrected chi connectivity index (χ3v) is 2.74. The number of hydrogen-bond donors (Lipinski definition) is 0. The van der Waals surface area contributed by atoms with E-state index in [1.54, 1.807) is 0 Å². The van der Waals surface area contributed by atoms with Gasteiger partial charge in [0, 0.05) is 5.41 Å². The highest BCUT2D eigenvalue weighted by Gasteiger charge is 2.36. The summed E-state index contributed by atoms with van der Waals surface area (Å²) in [5.74, 6) is 0.979. The van der Waals surface area contributed by atoms with Crippen LogP contribution in [0.4, 0.5) is 0 Å². The van der Waals surface area contributed by atoms with Gasteiger partial charge in [0.1, 0.15) is 5.76 Å². The van der Waals surface area contributed by atoms with Gasteiger partial charge in [-0.05, 0) is 16.4 Å². The average molecular weight is 258 g/mol. The third kappa shape index (κ3) is 4.84. The van der Waals surface area contributed by atoms with E-state index in [0.717, 1.165) is 5.76 Å². The first-order chi connectivity index (χ1) is 7.31. The normalized spacial score (nSPS) is 13.7. The van der Waals surface area contributed by atoms with Gasteiger partial charge in [0.05, 0.1) is 0 Å². The van der Waals surface area contributed by atoms with Crippen LogP contribution in [0.15, 0.2) is 11.3 Å². The Morgan fingerprint density at radius 1 is 0.706 bits per heavy atom. The summed E-state index contributed by atoms with van der Waals surface area (Å²) in [7, 11) is 0.584. The number of allylic oxidation sites excluding steroid dienone is 2. The molecule has 2 nitrogen and oxygen atoms in total. The Morgan fingerprint density at radius 2 is 1.06 bits per heavy atom. The van der Waals surface area contributed by atoms with Crippen molar-refractivity contribution < 1.29 is 9.46 Å². The highest BCUT2D eigenvalue weighted by Crippen LogP contribution is 2.46. The van der Waals surface area contributed by atoms with E-state index in [9.17, 15) is 0 Å². The monoisotopic (exact) mass is 258 g/mol. The molecule has 0 aliphatic carbocycles. The van der Waals surface area contributed by atoms with Gasteiger partial charge in [-0.2, -0.15) is 0 Å². The molecule has 0 aromatic rings. The van der Waals surface area contributed by atoms with E-state index >= 15 is 0 Å². The van der Waals surface area contributed by atoms with E-state index in [4.69, 9.17) is 9.46 Å². The molecule has 102 valence electrons. The molecule has 0 aromatic heterocycles. The first kappa shape index (κ1) is 16.7. The van der Waals surface area contributed by atoms with E-state index in [1.165, 1.54) is 5.57 Å². The molecule has 0 saturated carbocycles. The van der Waals surface area contributed by atoms with Crippen LogP contribution < -0.4 is 0 Å². The Hall–Kier alpha value is -0.283. The van der Waals surface area contributed by atoms with Crippen LogP contribution in [0.25, 0.3) is 0 Å². The second kappa shape index (κ2) is 5.15. The van der Waals surface area contributed by atoms with Crippen molar-refractivity contribution in [2.24, 2.45) is 16.2 Å². The van der Waals surface area contributed by atoms with Crippen molar-refractivity contribution in [1.29, 1.82) is 0 Å². The van der Waals surface area contributed by atoms with E-state index in [0.29, 0.717) is 10.5 Å². The molecular weight excluding hydrogens is 228 g/mol. The Kier molecular flexibility index (Phi) is 5.06. The molecular formula is C14H30O2Si. The maximum absolute atomic E-state index is 5.56. The predicted molar refractivity (Wildman–Crippen MR) is 77.5 cm³/mol. The van der Waals surface area contributed by atoms with Crippen molar-refractivity contribution in [2.45, 2.75) is 62.3 Å². The van der Waals surface area contributed by atoms with Gasteiger partial charge >= 0.3 is 0 Å². The van der Waals surface area contributed by atoms with E-state index in [1.807, 2.05) is 0 Å². The van der Waals surface area contributed by atoms with Gasteiger partial charge in [0.15, 0.2) is 0 Å². The number of rotatable bonds is 2. The maximum Gasteiger partial charge on any atom is 0.209 e. The van der Waals surface area contributed by atoms with Gasteiger partial charge in [-0.1, -0.05) is 62.3 Å². The van der Waals surface area contributed by atoms with Gasteiger partial charge in [-0.3, -0.25) is 4.58 Å². The topological polar surface area (TPSA) is 18.5 Å². The average Bonchev–Trinajstić information content (AvgIpc) is 1.96. The molecule has 3 heteroatoms. The van der Waals surface area contributed by atoms with Crippen LogP contribution in [-0.4, -0.2) is 10.5 Å². The molecule has 0 amide bonds.